The summed E-state index contributed by atoms with van der Waals surface area (Å²) in [4.78, 5) is 15.0. The van der Waals surface area contributed by atoms with Crippen molar-refractivity contribution in [2.24, 2.45) is 0 Å². The molecular weight excluding hydrogens is 442 g/mol. The van der Waals surface area contributed by atoms with Gasteiger partial charge in [0.1, 0.15) is 17.4 Å². The van der Waals surface area contributed by atoms with E-state index in [2.05, 4.69) is 10.1 Å². The number of aromatic nitrogens is 2. The summed E-state index contributed by atoms with van der Waals surface area (Å²) < 4.78 is 39.9. The van der Waals surface area contributed by atoms with E-state index in [4.69, 9.17) is 14.4 Å². The van der Waals surface area contributed by atoms with Crippen LogP contribution in [0.4, 0.5) is 8.78 Å². The van der Waals surface area contributed by atoms with Crippen molar-refractivity contribution in [3.05, 3.63) is 77.9 Å². The van der Waals surface area contributed by atoms with Crippen LogP contribution in [-0.4, -0.2) is 27.8 Å². The van der Waals surface area contributed by atoms with E-state index < -0.39 is 11.8 Å². The van der Waals surface area contributed by atoms with Gasteiger partial charge in [0.05, 0.1) is 6.61 Å². The monoisotopic (exact) mass is 464 g/mol. The second-order valence-corrected chi connectivity index (χ2v) is 7.60. The average molecular weight is 464 g/mol. The van der Waals surface area contributed by atoms with Crippen molar-refractivity contribution in [1.82, 2.24) is 10.1 Å². The summed E-state index contributed by atoms with van der Waals surface area (Å²) in [5.74, 6) is -0.830. The van der Waals surface area contributed by atoms with Crippen molar-refractivity contribution in [1.29, 1.82) is 0 Å². The van der Waals surface area contributed by atoms with Gasteiger partial charge in [-0.3, -0.25) is 4.79 Å². The minimum absolute atomic E-state index is 0.0190. The lowest BCUT2D eigenvalue weighted by Crippen LogP contribution is -1.98. The maximum Gasteiger partial charge on any atom is 0.303 e. The lowest BCUT2D eigenvalue weighted by molar-refractivity contribution is -0.137. The van der Waals surface area contributed by atoms with Crippen LogP contribution in [0.3, 0.4) is 0 Å². The molecule has 8 heteroatoms. The summed E-state index contributed by atoms with van der Waals surface area (Å²) in [6.07, 6.45) is 0.655. The molecule has 0 aliphatic heterocycles. The Bertz CT molecular complexity index is 1320. The molecule has 34 heavy (non-hydrogen) atoms. The highest BCUT2D eigenvalue weighted by atomic mass is 19.1. The molecular formula is C26H22F2N2O4. The summed E-state index contributed by atoms with van der Waals surface area (Å²) in [5.41, 5.74) is 2.46. The Hall–Kier alpha value is -4.07. The second kappa shape index (κ2) is 10.2. The molecule has 1 N–H and O–H groups in total. The van der Waals surface area contributed by atoms with Gasteiger partial charge in [0.15, 0.2) is 0 Å². The molecule has 4 rings (SSSR count). The van der Waals surface area contributed by atoms with Crippen molar-refractivity contribution in [3.8, 4) is 39.7 Å². The van der Waals surface area contributed by atoms with Crippen LogP contribution >= 0.6 is 0 Å². The van der Waals surface area contributed by atoms with Gasteiger partial charge in [-0.15, -0.1) is 0 Å². The first-order chi connectivity index (χ1) is 16.5. The van der Waals surface area contributed by atoms with Crippen LogP contribution in [0.5, 0.6) is 5.75 Å². The van der Waals surface area contributed by atoms with Gasteiger partial charge in [0.2, 0.25) is 5.82 Å². The van der Waals surface area contributed by atoms with Gasteiger partial charge in [-0.05, 0) is 55.7 Å². The van der Waals surface area contributed by atoms with E-state index in [0.29, 0.717) is 53.0 Å². The molecule has 174 valence electrons. The second-order valence-electron chi connectivity index (χ2n) is 7.60. The average Bonchev–Trinajstić information content (AvgIpc) is 3.31. The molecule has 0 unspecified atom stereocenters. The smallest absolute Gasteiger partial charge is 0.303 e. The van der Waals surface area contributed by atoms with E-state index in [0.717, 1.165) is 0 Å². The number of benzene rings is 3. The predicted octanol–water partition coefficient (Wildman–Crippen LogP) is 6.15. The molecule has 0 fully saturated rings. The fourth-order valence-electron chi connectivity index (χ4n) is 3.61. The third-order valence-electron chi connectivity index (χ3n) is 5.27. The van der Waals surface area contributed by atoms with E-state index in [1.165, 1.54) is 12.1 Å². The first kappa shape index (κ1) is 23.1. The predicted molar refractivity (Wildman–Crippen MR) is 122 cm³/mol. The Morgan fingerprint density at radius 1 is 1.00 bits per heavy atom. The van der Waals surface area contributed by atoms with Gasteiger partial charge in [-0.2, -0.15) is 4.98 Å². The Labute approximate surface area is 194 Å². The molecule has 3 aromatic carbocycles. The number of aliphatic carboxylic acids is 1. The molecule has 0 aliphatic carbocycles. The Morgan fingerprint density at radius 2 is 1.79 bits per heavy atom. The van der Waals surface area contributed by atoms with E-state index in [1.807, 2.05) is 6.92 Å². The van der Waals surface area contributed by atoms with Crippen LogP contribution in [0.15, 0.2) is 65.2 Å². The fourth-order valence-corrected chi connectivity index (χ4v) is 3.61. The number of carboxylic acid groups (broad SMARTS) is 1. The first-order valence-electron chi connectivity index (χ1n) is 10.8. The number of hydrogen-bond acceptors (Lipinski definition) is 5. The number of carboxylic acids is 1. The lowest BCUT2D eigenvalue weighted by atomic mass is 10.0. The van der Waals surface area contributed by atoms with Gasteiger partial charge in [-0.25, -0.2) is 8.78 Å². The summed E-state index contributed by atoms with van der Waals surface area (Å²) in [7, 11) is 0. The topological polar surface area (TPSA) is 85.5 Å². The highest BCUT2D eigenvalue weighted by Gasteiger charge is 2.17. The van der Waals surface area contributed by atoms with Gasteiger partial charge < -0.3 is 14.4 Å². The molecule has 1 heterocycles. The number of hydrogen-bond donors (Lipinski definition) is 1. The van der Waals surface area contributed by atoms with Crippen molar-refractivity contribution >= 4 is 5.97 Å². The molecule has 0 atom stereocenters. The molecule has 0 bridgehead atoms. The van der Waals surface area contributed by atoms with E-state index in [1.54, 1.807) is 48.5 Å². The summed E-state index contributed by atoms with van der Waals surface area (Å²) >= 11 is 0. The maximum atomic E-state index is 14.5. The van der Waals surface area contributed by atoms with Crippen molar-refractivity contribution in [3.63, 3.8) is 0 Å². The van der Waals surface area contributed by atoms with Gasteiger partial charge >= 0.3 is 5.97 Å². The van der Waals surface area contributed by atoms with Gasteiger partial charge in [-0.1, -0.05) is 35.5 Å². The Morgan fingerprint density at radius 3 is 2.53 bits per heavy atom. The van der Waals surface area contributed by atoms with Crippen LogP contribution < -0.4 is 4.74 Å². The third kappa shape index (κ3) is 5.11. The molecule has 4 aromatic rings. The zero-order valence-electron chi connectivity index (χ0n) is 18.4. The van der Waals surface area contributed by atoms with E-state index >= 15 is 0 Å². The van der Waals surface area contributed by atoms with Crippen molar-refractivity contribution in [2.45, 2.75) is 26.2 Å². The summed E-state index contributed by atoms with van der Waals surface area (Å²) in [5, 5.41) is 12.7. The van der Waals surface area contributed by atoms with Gasteiger partial charge in [0.25, 0.3) is 5.89 Å². The Kier molecular flexibility index (Phi) is 6.96. The third-order valence-corrected chi connectivity index (χ3v) is 5.27. The van der Waals surface area contributed by atoms with Crippen LogP contribution in [0.1, 0.15) is 25.3 Å². The van der Waals surface area contributed by atoms with Crippen LogP contribution in [0.2, 0.25) is 0 Å². The molecule has 6 nitrogen and oxygen atoms in total. The van der Waals surface area contributed by atoms with Crippen molar-refractivity contribution < 1.29 is 27.9 Å². The molecule has 1 aromatic heterocycles. The molecule has 0 saturated heterocycles. The molecule has 0 amide bonds. The maximum absolute atomic E-state index is 14.5. The molecule has 0 aliphatic rings. The largest absolute Gasteiger partial charge is 0.493 e. The number of halogens is 2. The van der Waals surface area contributed by atoms with E-state index in [-0.39, 0.29) is 24.0 Å². The molecule has 0 spiro atoms. The van der Waals surface area contributed by atoms with Crippen LogP contribution in [-0.2, 0) is 11.2 Å². The standard InChI is InChI=1S/C26H22F2N2O4/c1-2-33-23-15-18(12-13-20(23)19-7-3-4-8-21(19)27)26-29-25(30-34-26)17-11-10-16(22(28)14-17)6-5-9-24(31)32/h3-4,7-8,10-15H,2,5-6,9H2,1H3,(H,31,32). The zero-order chi connectivity index (χ0) is 24.1. The zero-order valence-corrected chi connectivity index (χ0v) is 18.4. The number of aryl methyl sites for hydroxylation is 1. The van der Waals surface area contributed by atoms with Crippen LogP contribution in [0.25, 0.3) is 34.0 Å². The minimum atomic E-state index is -0.911. The normalized spacial score (nSPS) is 10.9. The number of nitrogens with zero attached hydrogens (tertiary/aromatic N) is 2. The van der Waals surface area contributed by atoms with Crippen molar-refractivity contribution in [2.75, 3.05) is 6.61 Å². The quantitative estimate of drug-likeness (QED) is 0.320. The highest BCUT2D eigenvalue weighted by molar-refractivity contribution is 5.75. The molecule has 0 saturated carbocycles. The number of ether oxygens (including phenoxy) is 1. The molecule has 0 radical (unpaired) electrons. The summed E-state index contributed by atoms with van der Waals surface area (Å²) in [6, 6.07) is 16.2. The number of carbonyl (C=O) groups is 1. The highest BCUT2D eigenvalue weighted by Crippen LogP contribution is 2.35. The lowest BCUT2D eigenvalue weighted by Gasteiger charge is -2.12. The van der Waals surface area contributed by atoms with E-state index in [9.17, 15) is 13.6 Å². The SMILES string of the molecule is CCOc1cc(-c2nc(-c3ccc(CCCC(=O)O)c(F)c3)no2)ccc1-c1ccccc1F. The first-order valence-corrected chi connectivity index (χ1v) is 10.8. The minimum Gasteiger partial charge on any atom is -0.493 e. The number of rotatable bonds is 9. The summed E-state index contributed by atoms with van der Waals surface area (Å²) in [6.45, 7) is 2.22. The Balaban J connectivity index is 1.59. The fraction of sp³-hybridized carbons (Fsp3) is 0.192. The van der Waals surface area contributed by atoms with Gasteiger partial charge in [0, 0.05) is 28.7 Å². The van der Waals surface area contributed by atoms with Crippen LogP contribution in [0, 0.1) is 11.6 Å².